The van der Waals surface area contributed by atoms with Gasteiger partial charge < -0.3 is 0 Å². The average molecular weight is 246 g/mol. The van der Waals surface area contributed by atoms with Crippen molar-refractivity contribution in [1.82, 2.24) is 9.38 Å². The van der Waals surface area contributed by atoms with E-state index in [1.165, 1.54) is 48.5 Å². The maximum Gasteiger partial charge on any atom is 0.194 e. The van der Waals surface area contributed by atoms with Crippen molar-refractivity contribution >= 4 is 16.3 Å². The summed E-state index contributed by atoms with van der Waals surface area (Å²) in [5.41, 5.74) is 4.51. The summed E-state index contributed by atoms with van der Waals surface area (Å²) in [5.74, 6) is 1.43. The Labute approximate surface area is 106 Å². The molecule has 0 saturated carbocycles. The van der Waals surface area contributed by atoms with Crippen LogP contribution in [-0.4, -0.2) is 9.38 Å². The summed E-state index contributed by atoms with van der Waals surface area (Å²) < 4.78 is 2.50. The standard InChI is InChI=1S/C14H18N2S/c1-8-6-7-11-13(9(8)2)15-14-16(11)10-4-3-5-12(10)17-14/h8-9H,3-7H2,1-2H3. The summed E-state index contributed by atoms with van der Waals surface area (Å²) >= 11 is 1.94. The van der Waals surface area contributed by atoms with Gasteiger partial charge in [0.25, 0.3) is 0 Å². The second-order valence-corrected chi connectivity index (χ2v) is 6.75. The molecule has 2 aliphatic rings. The molecule has 2 nitrogen and oxygen atoms in total. The van der Waals surface area contributed by atoms with Gasteiger partial charge in [0.15, 0.2) is 4.96 Å². The van der Waals surface area contributed by atoms with Crippen LogP contribution in [0.25, 0.3) is 4.96 Å². The van der Waals surface area contributed by atoms with Crippen molar-refractivity contribution < 1.29 is 0 Å². The van der Waals surface area contributed by atoms with E-state index >= 15 is 0 Å². The minimum absolute atomic E-state index is 0.642. The number of aryl methyl sites for hydroxylation is 3. The highest BCUT2D eigenvalue weighted by molar-refractivity contribution is 7.17. The number of thiazole rings is 1. The van der Waals surface area contributed by atoms with Gasteiger partial charge in [0.2, 0.25) is 0 Å². The minimum atomic E-state index is 0.642. The number of aromatic nitrogens is 2. The minimum Gasteiger partial charge on any atom is -0.291 e. The van der Waals surface area contributed by atoms with Gasteiger partial charge in [-0.05, 0) is 38.0 Å². The van der Waals surface area contributed by atoms with E-state index in [0.29, 0.717) is 5.92 Å². The van der Waals surface area contributed by atoms with Crippen LogP contribution in [0.4, 0.5) is 0 Å². The lowest BCUT2D eigenvalue weighted by Gasteiger charge is -2.25. The fourth-order valence-electron chi connectivity index (χ4n) is 3.44. The zero-order valence-electron chi connectivity index (χ0n) is 10.5. The molecule has 4 rings (SSSR count). The fourth-order valence-corrected chi connectivity index (χ4v) is 4.67. The van der Waals surface area contributed by atoms with E-state index in [4.69, 9.17) is 4.98 Å². The third-order valence-electron chi connectivity index (χ3n) is 4.72. The molecule has 2 aromatic heterocycles. The molecule has 0 aromatic carbocycles. The topological polar surface area (TPSA) is 17.3 Å². The van der Waals surface area contributed by atoms with Crippen molar-refractivity contribution in [3.8, 4) is 0 Å². The van der Waals surface area contributed by atoms with E-state index in [0.717, 1.165) is 5.92 Å². The lowest BCUT2D eigenvalue weighted by molar-refractivity contribution is 0.415. The molecular formula is C14H18N2S. The Balaban J connectivity index is 1.99. The van der Waals surface area contributed by atoms with Gasteiger partial charge in [0, 0.05) is 22.2 Å². The number of imidazole rings is 1. The predicted molar refractivity (Wildman–Crippen MR) is 71.0 cm³/mol. The lowest BCUT2D eigenvalue weighted by atomic mass is 9.82. The smallest absolute Gasteiger partial charge is 0.194 e. The fraction of sp³-hybridized carbons (Fsp3) is 0.643. The van der Waals surface area contributed by atoms with Crippen molar-refractivity contribution in [1.29, 1.82) is 0 Å². The van der Waals surface area contributed by atoms with Gasteiger partial charge in [-0.1, -0.05) is 13.8 Å². The molecule has 0 saturated heterocycles. The van der Waals surface area contributed by atoms with Gasteiger partial charge in [-0.3, -0.25) is 4.40 Å². The second kappa shape index (κ2) is 3.35. The molecule has 90 valence electrons. The lowest BCUT2D eigenvalue weighted by Crippen LogP contribution is -2.17. The van der Waals surface area contributed by atoms with Crippen molar-refractivity contribution in [3.63, 3.8) is 0 Å². The van der Waals surface area contributed by atoms with Crippen LogP contribution in [-0.2, 0) is 19.3 Å². The highest BCUT2D eigenvalue weighted by Crippen LogP contribution is 2.40. The molecule has 2 heterocycles. The molecule has 2 aliphatic carbocycles. The third-order valence-corrected chi connectivity index (χ3v) is 5.86. The molecule has 0 spiro atoms. The molecule has 2 aromatic rings. The van der Waals surface area contributed by atoms with E-state index < -0.39 is 0 Å². The van der Waals surface area contributed by atoms with Gasteiger partial charge in [-0.15, -0.1) is 11.3 Å². The first-order valence-corrected chi connectivity index (χ1v) is 7.59. The molecule has 3 heteroatoms. The number of rotatable bonds is 0. The monoisotopic (exact) mass is 246 g/mol. The first-order valence-electron chi connectivity index (χ1n) is 6.77. The highest BCUT2D eigenvalue weighted by atomic mass is 32.1. The van der Waals surface area contributed by atoms with Crippen molar-refractivity contribution in [2.24, 2.45) is 5.92 Å². The predicted octanol–water partition coefficient (Wildman–Crippen LogP) is 3.57. The summed E-state index contributed by atoms with van der Waals surface area (Å²) in [4.78, 5) is 7.79. The van der Waals surface area contributed by atoms with Gasteiger partial charge in [0.1, 0.15) is 0 Å². The maximum absolute atomic E-state index is 4.93. The van der Waals surface area contributed by atoms with E-state index in [1.807, 2.05) is 11.3 Å². The largest absolute Gasteiger partial charge is 0.291 e. The quantitative estimate of drug-likeness (QED) is 0.694. The van der Waals surface area contributed by atoms with Crippen LogP contribution in [0.5, 0.6) is 0 Å². The van der Waals surface area contributed by atoms with Crippen LogP contribution in [0.15, 0.2) is 0 Å². The van der Waals surface area contributed by atoms with Crippen molar-refractivity contribution in [3.05, 3.63) is 22.0 Å². The van der Waals surface area contributed by atoms with Gasteiger partial charge >= 0.3 is 0 Å². The summed E-state index contributed by atoms with van der Waals surface area (Å²) in [6, 6.07) is 0. The number of nitrogens with zero attached hydrogens (tertiary/aromatic N) is 2. The van der Waals surface area contributed by atoms with Crippen molar-refractivity contribution in [2.75, 3.05) is 0 Å². The number of hydrogen-bond acceptors (Lipinski definition) is 2. The molecule has 0 radical (unpaired) electrons. The van der Waals surface area contributed by atoms with Crippen LogP contribution in [0.2, 0.25) is 0 Å². The summed E-state index contributed by atoms with van der Waals surface area (Å²) in [5, 5.41) is 0. The Bertz CT molecular complexity index is 593. The van der Waals surface area contributed by atoms with Gasteiger partial charge in [-0.2, -0.15) is 0 Å². The van der Waals surface area contributed by atoms with E-state index in [1.54, 1.807) is 10.6 Å². The molecule has 2 unspecified atom stereocenters. The molecule has 2 atom stereocenters. The van der Waals surface area contributed by atoms with Gasteiger partial charge in [0.05, 0.1) is 5.69 Å². The molecule has 0 aliphatic heterocycles. The normalized spacial score (nSPS) is 27.4. The summed E-state index contributed by atoms with van der Waals surface area (Å²) in [6.45, 7) is 4.71. The van der Waals surface area contributed by atoms with E-state index in [-0.39, 0.29) is 0 Å². The SMILES string of the molecule is CC1CCc2c(nc3sc4c(n23)CCC4)C1C. The summed E-state index contributed by atoms with van der Waals surface area (Å²) in [7, 11) is 0. The zero-order chi connectivity index (χ0) is 11.6. The molecule has 0 amide bonds. The Morgan fingerprint density at radius 3 is 2.94 bits per heavy atom. The first kappa shape index (κ1) is 10.1. The zero-order valence-corrected chi connectivity index (χ0v) is 11.3. The number of hydrogen-bond donors (Lipinski definition) is 0. The van der Waals surface area contributed by atoms with Crippen LogP contribution < -0.4 is 0 Å². The van der Waals surface area contributed by atoms with Crippen LogP contribution >= 0.6 is 11.3 Å². The van der Waals surface area contributed by atoms with Crippen molar-refractivity contribution in [2.45, 2.75) is 51.9 Å². The Morgan fingerprint density at radius 1 is 1.18 bits per heavy atom. The third kappa shape index (κ3) is 1.23. The molecule has 0 N–H and O–H groups in total. The average Bonchev–Trinajstić information content (AvgIpc) is 2.92. The molecule has 0 bridgehead atoms. The highest BCUT2D eigenvalue weighted by Gasteiger charge is 2.30. The van der Waals surface area contributed by atoms with Crippen LogP contribution in [0.3, 0.4) is 0 Å². The van der Waals surface area contributed by atoms with E-state index in [9.17, 15) is 0 Å². The van der Waals surface area contributed by atoms with E-state index in [2.05, 4.69) is 18.2 Å². The van der Waals surface area contributed by atoms with Crippen LogP contribution in [0.1, 0.15) is 54.6 Å². The molecule has 0 fully saturated rings. The molecule has 17 heavy (non-hydrogen) atoms. The maximum atomic E-state index is 4.93. The second-order valence-electron chi connectivity index (χ2n) is 5.69. The van der Waals surface area contributed by atoms with Gasteiger partial charge in [-0.25, -0.2) is 4.98 Å². The summed E-state index contributed by atoms with van der Waals surface area (Å²) in [6.07, 6.45) is 6.44. The Hall–Kier alpha value is -0.830. The Morgan fingerprint density at radius 2 is 2.06 bits per heavy atom. The Kier molecular flexibility index (Phi) is 1.99. The molecular weight excluding hydrogens is 228 g/mol. The van der Waals surface area contributed by atoms with Crippen LogP contribution in [0, 0.1) is 5.92 Å². The first-order chi connectivity index (χ1) is 8.25. The number of fused-ring (bicyclic) bond motifs is 5.